The summed E-state index contributed by atoms with van der Waals surface area (Å²) in [6.45, 7) is 6.38. The Hall–Kier alpha value is -0.590. The molecule has 0 fully saturated rings. The van der Waals surface area contributed by atoms with Gasteiger partial charge in [-0.25, -0.2) is 4.98 Å². The van der Waals surface area contributed by atoms with Crippen molar-refractivity contribution in [2.24, 2.45) is 0 Å². The molecule has 19 heavy (non-hydrogen) atoms. The van der Waals surface area contributed by atoms with Crippen molar-refractivity contribution >= 4 is 44.1 Å². The van der Waals surface area contributed by atoms with Crippen molar-refractivity contribution in [2.75, 3.05) is 0 Å². The summed E-state index contributed by atoms with van der Waals surface area (Å²) in [4.78, 5) is 11.9. The second-order valence-electron chi connectivity index (χ2n) is 5.22. The summed E-state index contributed by atoms with van der Waals surface area (Å²) in [5.74, 6) is 0.729. The molecule has 2 heterocycles. The molecule has 0 saturated carbocycles. The number of hydrogen-bond donors (Lipinski definition) is 1. The summed E-state index contributed by atoms with van der Waals surface area (Å²) in [7, 11) is 0. The maximum atomic E-state index is 5.32. The van der Waals surface area contributed by atoms with Crippen LogP contribution < -0.4 is 0 Å². The lowest BCUT2D eigenvalue weighted by atomic mass is 9.92. The van der Waals surface area contributed by atoms with Gasteiger partial charge in [0.2, 0.25) is 0 Å². The van der Waals surface area contributed by atoms with E-state index >= 15 is 0 Å². The molecule has 0 aromatic carbocycles. The molecule has 0 aliphatic carbocycles. The first kappa shape index (κ1) is 14.8. The van der Waals surface area contributed by atoms with Gasteiger partial charge in [0.05, 0.1) is 4.47 Å². The number of halogens is 2. The fraction of sp³-hybridized carbons (Fsp3) is 0.308. The third-order valence-corrected chi connectivity index (χ3v) is 4.36. The third kappa shape index (κ3) is 3.30. The first-order valence-electron chi connectivity index (χ1n) is 5.70. The van der Waals surface area contributed by atoms with Gasteiger partial charge in [-0.2, -0.15) is 0 Å². The van der Waals surface area contributed by atoms with Crippen molar-refractivity contribution in [1.82, 2.24) is 15.0 Å². The van der Waals surface area contributed by atoms with Crippen molar-refractivity contribution in [1.29, 1.82) is 0 Å². The van der Waals surface area contributed by atoms with Gasteiger partial charge in [0.25, 0.3) is 0 Å². The van der Waals surface area contributed by atoms with E-state index in [9.17, 15) is 0 Å². The highest BCUT2D eigenvalue weighted by atomic mass is 79.9. The average Bonchev–Trinajstić information content (AvgIpc) is 2.31. The Morgan fingerprint density at radius 1 is 1.21 bits per heavy atom. The number of hydrogen-bond acceptors (Lipinski definition) is 3. The second kappa shape index (κ2) is 5.42. The molecular formula is C13H13Br2N3S. The second-order valence-corrected chi connectivity index (χ2v) is 7.32. The smallest absolute Gasteiger partial charge is 0.144 e. The minimum absolute atomic E-state index is 0.0521. The van der Waals surface area contributed by atoms with Crippen LogP contribution in [0.25, 0.3) is 11.4 Å². The maximum Gasteiger partial charge on any atom is 0.144 e. The molecule has 2 aromatic heterocycles. The van der Waals surface area contributed by atoms with E-state index in [4.69, 9.17) is 12.2 Å². The van der Waals surface area contributed by atoms with Gasteiger partial charge in [0, 0.05) is 33.5 Å². The first-order chi connectivity index (χ1) is 8.79. The Labute approximate surface area is 134 Å². The highest BCUT2D eigenvalue weighted by molar-refractivity contribution is 9.10. The average molecular weight is 403 g/mol. The van der Waals surface area contributed by atoms with E-state index in [1.807, 2.05) is 6.07 Å². The van der Waals surface area contributed by atoms with Crippen LogP contribution in [0.15, 0.2) is 27.4 Å². The van der Waals surface area contributed by atoms with E-state index in [1.54, 1.807) is 12.4 Å². The largest absolute Gasteiger partial charge is 0.342 e. The predicted octanol–water partition coefficient (Wildman–Crippen LogP) is 5.02. The van der Waals surface area contributed by atoms with Crippen LogP contribution in [-0.4, -0.2) is 15.0 Å². The van der Waals surface area contributed by atoms with Gasteiger partial charge >= 0.3 is 0 Å². The molecule has 3 nitrogen and oxygen atoms in total. The van der Waals surface area contributed by atoms with Crippen LogP contribution in [0.4, 0.5) is 0 Å². The Kier molecular flexibility index (Phi) is 4.23. The summed E-state index contributed by atoms with van der Waals surface area (Å²) in [5.41, 5.74) is 1.88. The third-order valence-electron chi connectivity index (χ3n) is 2.59. The molecule has 0 spiro atoms. The highest BCUT2D eigenvalue weighted by Gasteiger charge is 2.20. The van der Waals surface area contributed by atoms with Crippen molar-refractivity contribution in [3.63, 3.8) is 0 Å². The molecule has 0 saturated heterocycles. The topological polar surface area (TPSA) is 41.6 Å². The van der Waals surface area contributed by atoms with Crippen molar-refractivity contribution in [3.05, 3.63) is 37.7 Å². The summed E-state index contributed by atoms with van der Waals surface area (Å²) in [6.07, 6.45) is 3.50. The monoisotopic (exact) mass is 401 g/mol. The summed E-state index contributed by atoms with van der Waals surface area (Å²) < 4.78 is 2.31. The molecular weight excluding hydrogens is 390 g/mol. The molecule has 100 valence electrons. The predicted molar refractivity (Wildman–Crippen MR) is 86.8 cm³/mol. The first-order valence-corrected chi connectivity index (χ1v) is 7.69. The number of H-pyrrole nitrogens is 1. The van der Waals surface area contributed by atoms with Crippen LogP contribution in [-0.2, 0) is 5.41 Å². The molecule has 2 aromatic rings. The Morgan fingerprint density at radius 3 is 2.47 bits per heavy atom. The summed E-state index contributed by atoms with van der Waals surface area (Å²) >= 11 is 12.2. The van der Waals surface area contributed by atoms with Gasteiger partial charge in [-0.15, -0.1) is 0 Å². The zero-order valence-corrected chi connectivity index (χ0v) is 14.8. The molecule has 0 amide bonds. The minimum atomic E-state index is -0.0521. The van der Waals surface area contributed by atoms with E-state index < -0.39 is 0 Å². The lowest BCUT2D eigenvalue weighted by Gasteiger charge is -2.21. The molecule has 0 unspecified atom stereocenters. The van der Waals surface area contributed by atoms with Crippen molar-refractivity contribution in [2.45, 2.75) is 26.2 Å². The van der Waals surface area contributed by atoms with Crippen LogP contribution in [0.5, 0.6) is 0 Å². The quantitative estimate of drug-likeness (QED) is 0.680. The molecule has 0 aliphatic rings. The van der Waals surface area contributed by atoms with Gasteiger partial charge in [-0.1, -0.05) is 33.0 Å². The Balaban J connectivity index is 2.67. The highest BCUT2D eigenvalue weighted by Crippen LogP contribution is 2.30. The number of nitrogens with one attached hydrogen (secondary N) is 1. The maximum absolute atomic E-state index is 5.32. The normalized spacial score (nSPS) is 11.6. The van der Waals surface area contributed by atoms with Crippen LogP contribution in [0.3, 0.4) is 0 Å². The van der Waals surface area contributed by atoms with Crippen molar-refractivity contribution in [3.8, 4) is 11.4 Å². The van der Waals surface area contributed by atoms with Gasteiger partial charge in [0.1, 0.15) is 10.5 Å². The van der Waals surface area contributed by atoms with Crippen LogP contribution >= 0.6 is 44.1 Å². The number of nitrogens with zero attached hydrogens (tertiary/aromatic N) is 2. The zero-order chi connectivity index (χ0) is 14.2. The van der Waals surface area contributed by atoms with Gasteiger partial charge in [-0.05, 0) is 37.9 Å². The Morgan fingerprint density at radius 2 is 1.89 bits per heavy atom. The van der Waals surface area contributed by atoms with Crippen molar-refractivity contribution < 1.29 is 0 Å². The fourth-order valence-electron chi connectivity index (χ4n) is 1.65. The number of aromatic amines is 1. The van der Waals surface area contributed by atoms with Crippen LogP contribution in [0, 0.1) is 4.64 Å². The molecule has 0 radical (unpaired) electrons. The molecule has 0 atom stereocenters. The fourth-order valence-corrected chi connectivity index (χ4v) is 2.99. The molecule has 2 rings (SSSR count). The van der Waals surface area contributed by atoms with E-state index in [0.717, 1.165) is 26.0 Å². The van der Waals surface area contributed by atoms with Crippen LogP contribution in [0.1, 0.15) is 26.5 Å². The van der Waals surface area contributed by atoms with Crippen LogP contribution in [0.2, 0.25) is 0 Å². The van der Waals surface area contributed by atoms with E-state index in [1.165, 1.54) is 0 Å². The van der Waals surface area contributed by atoms with E-state index in [2.05, 4.69) is 67.6 Å². The SMILES string of the molecule is CC(C)(C)c1[nH]c(-c2cncc(Br)c2)nc(=S)c1Br. The zero-order valence-electron chi connectivity index (χ0n) is 10.8. The van der Waals surface area contributed by atoms with Gasteiger partial charge in [0.15, 0.2) is 0 Å². The minimum Gasteiger partial charge on any atom is -0.342 e. The molecule has 6 heteroatoms. The number of rotatable bonds is 1. The Bertz CT molecular complexity index is 674. The number of aromatic nitrogens is 3. The lowest BCUT2D eigenvalue weighted by Crippen LogP contribution is -2.16. The standard InChI is InChI=1S/C13H13Br2N3S/c1-13(2,3)10-9(15)12(19)18-11(17-10)7-4-8(14)6-16-5-7/h4-6H,1-3H3,(H,17,18,19). The van der Waals surface area contributed by atoms with Gasteiger partial charge < -0.3 is 4.98 Å². The molecule has 0 aliphatic heterocycles. The summed E-state index contributed by atoms with van der Waals surface area (Å²) in [5, 5.41) is 0. The van der Waals surface area contributed by atoms with E-state index in [-0.39, 0.29) is 5.41 Å². The summed E-state index contributed by atoms with van der Waals surface area (Å²) in [6, 6.07) is 1.96. The molecule has 0 bridgehead atoms. The van der Waals surface area contributed by atoms with E-state index in [0.29, 0.717) is 4.64 Å². The van der Waals surface area contributed by atoms with Gasteiger partial charge in [-0.3, -0.25) is 4.98 Å². The molecule has 1 N–H and O–H groups in total. The number of pyridine rings is 1. The lowest BCUT2D eigenvalue weighted by molar-refractivity contribution is 0.563.